The molecule has 4 rings (SSSR count). The van der Waals surface area contributed by atoms with E-state index in [1.165, 1.54) is 0 Å². The quantitative estimate of drug-likeness (QED) is 0.817. The van der Waals surface area contributed by atoms with Crippen LogP contribution in [0.25, 0.3) is 0 Å². The SMILES string of the molecule is O=C(O)CCCC(=O)N1CCN2C(=O)c3ccccc3CC12c1ccc(Cl)cc1. The Kier molecular flexibility index (Phi) is 5.04. The number of aliphatic carboxylic acids is 1. The van der Waals surface area contributed by atoms with Crippen LogP contribution in [0.1, 0.15) is 40.7 Å². The van der Waals surface area contributed by atoms with Gasteiger partial charge in [-0.25, -0.2) is 0 Å². The summed E-state index contributed by atoms with van der Waals surface area (Å²) in [6, 6.07) is 14.7. The van der Waals surface area contributed by atoms with Crippen molar-refractivity contribution in [1.82, 2.24) is 9.80 Å². The largest absolute Gasteiger partial charge is 0.481 e. The van der Waals surface area contributed by atoms with E-state index in [0.717, 1.165) is 11.1 Å². The van der Waals surface area contributed by atoms with Gasteiger partial charge in [0.2, 0.25) is 5.91 Å². The summed E-state index contributed by atoms with van der Waals surface area (Å²) >= 11 is 6.08. The summed E-state index contributed by atoms with van der Waals surface area (Å²) in [6.07, 6.45) is 0.831. The lowest BCUT2D eigenvalue weighted by Crippen LogP contribution is -2.58. The number of carboxylic acids is 1. The zero-order valence-electron chi connectivity index (χ0n) is 15.8. The predicted molar refractivity (Wildman–Crippen MR) is 108 cm³/mol. The summed E-state index contributed by atoms with van der Waals surface area (Å²) in [7, 11) is 0. The normalized spacial score (nSPS) is 20.4. The van der Waals surface area contributed by atoms with Crippen LogP contribution in [0, 0.1) is 0 Å². The van der Waals surface area contributed by atoms with E-state index in [2.05, 4.69) is 0 Å². The van der Waals surface area contributed by atoms with Crippen LogP contribution in [0.15, 0.2) is 48.5 Å². The van der Waals surface area contributed by atoms with Crippen molar-refractivity contribution in [3.05, 3.63) is 70.2 Å². The Bertz CT molecular complexity index is 975. The fourth-order valence-electron chi connectivity index (χ4n) is 4.46. The zero-order valence-corrected chi connectivity index (χ0v) is 16.6. The van der Waals surface area contributed by atoms with Crippen molar-refractivity contribution >= 4 is 29.4 Å². The molecule has 2 aliphatic rings. The number of carbonyl (C=O) groups excluding carboxylic acids is 2. The number of carboxylic acid groups (broad SMARTS) is 1. The standard InChI is InChI=1S/C22H21ClN2O4/c23-17-10-8-16(9-11-17)22-14-15-4-1-2-5-18(15)21(29)25(22)13-12-24(22)19(26)6-3-7-20(27)28/h1-2,4-5,8-11H,3,6-7,12-14H2,(H,27,28). The highest BCUT2D eigenvalue weighted by Gasteiger charge is 2.55. The Morgan fingerprint density at radius 3 is 2.48 bits per heavy atom. The van der Waals surface area contributed by atoms with Crippen molar-refractivity contribution in [2.24, 2.45) is 0 Å². The summed E-state index contributed by atoms with van der Waals surface area (Å²) in [4.78, 5) is 40.8. The van der Waals surface area contributed by atoms with Crippen LogP contribution in [0.2, 0.25) is 5.02 Å². The van der Waals surface area contributed by atoms with Gasteiger partial charge in [-0.1, -0.05) is 41.9 Å². The molecule has 1 fully saturated rings. The van der Waals surface area contributed by atoms with Crippen molar-refractivity contribution in [2.75, 3.05) is 13.1 Å². The second-order valence-corrected chi connectivity index (χ2v) is 7.84. The molecule has 0 bridgehead atoms. The minimum atomic E-state index is -0.921. The molecule has 150 valence electrons. The average Bonchev–Trinajstić information content (AvgIpc) is 3.09. The van der Waals surface area contributed by atoms with Gasteiger partial charge in [-0.3, -0.25) is 14.4 Å². The van der Waals surface area contributed by atoms with Gasteiger partial charge in [-0.2, -0.15) is 0 Å². The average molecular weight is 413 g/mol. The first-order chi connectivity index (χ1) is 13.9. The smallest absolute Gasteiger partial charge is 0.303 e. The number of nitrogens with zero attached hydrogens (tertiary/aromatic N) is 2. The molecule has 2 aromatic carbocycles. The van der Waals surface area contributed by atoms with Crippen molar-refractivity contribution in [2.45, 2.75) is 31.3 Å². The van der Waals surface area contributed by atoms with Gasteiger partial charge < -0.3 is 14.9 Å². The molecule has 0 saturated carbocycles. The van der Waals surface area contributed by atoms with Crippen LogP contribution in [-0.2, 0) is 21.7 Å². The minimum absolute atomic E-state index is 0.0565. The Hall–Kier alpha value is -2.86. The molecule has 29 heavy (non-hydrogen) atoms. The van der Waals surface area contributed by atoms with Gasteiger partial charge in [0, 0.05) is 42.9 Å². The fourth-order valence-corrected chi connectivity index (χ4v) is 4.58. The van der Waals surface area contributed by atoms with Crippen LogP contribution in [0.5, 0.6) is 0 Å². The first-order valence-corrected chi connectivity index (χ1v) is 9.99. The highest BCUT2D eigenvalue weighted by molar-refractivity contribution is 6.30. The third-order valence-corrected chi connectivity index (χ3v) is 6.01. The maximum absolute atomic E-state index is 13.3. The van der Waals surface area contributed by atoms with E-state index in [1.807, 2.05) is 36.4 Å². The van der Waals surface area contributed by atoms with Crippen LogP contribution in [-0.4, -0.2) is 45.8 Å². The van der Waals surface area contributed by atoms with Crippen LogP contribution in [0.4, 0.5) is 0 Å². The summed E-state index contributed by atoms with van der Waals surface area (Å²) < 4.78 is 0. The van der Waals surface area contributed by atoms with E-state index >= 15 is 0 Å². The number of fused-ring (bicyclic) bond motifs is 2. The van der Waals surface area contributed by atoms with Crippen LogP contribution in [0.3, 0.4) is 0 Å². The molecule has 0 aliphatic carbocycles. The maximum atomic E-state index is 13.3. The number of amides is 2. The van der Waals surface area contributed by atoms with E-state index in [9.17, 15) is 14.4 Å². The molecule has 1 saturated heterocycles. The van der Waals surface area contributed by atoms with E-state index in [1.54, 1.807) is 21.9 Å². The highest BCUT2D eigenvalue weighted by Crippen LogP contribution is 2.45. The number of halogens is 1. The Labute approximate surface area is 173 Å². The highest BCUT2D eigenvalue weighted by atomic mass is 35.5. The lowest BCUT2D eigenvalue weighted by molar-refractivity contribution is -0.140. The van der Waals surface area contributed by atoms with E-state index in [0.29, 0.717) is 30.1 Å². The number of rotatable bonds is 5. The molecule has 1 N–H and O–H groups in total. The van der Waals surface area contributed by atoms with Crippen molar-refractivity contribution in [3.8, 4) is 0 Å². The van der Waals surface area contributed by atoms with Gasteiger partial charge in [-0.05, 0) is 35.7 Å². The van der Waals surface area contributed by atoms with Gasteiger partial charge in [0.15, 0.2) is 0 Å². The molecule has 0 radical (unpaired) electrons. The molecule has 1 atom stereocenters. The van der Waals surface area contributed by atoms with Gasteiger partial charge in [0.25, 0.3) is 5.91 Å². The second-order valence-electron chi connectivity index (χ2n) is 7.41. The molecule has 0 spiro atoms. The summed E-state index contributed by atoms with van der Waals surface area (Å²) in [6.45, 7) is 0.842. The number of hydrogen-bond acceptors (Lipinski definition) is 3. The number of benzene rings is 2. The second kappa shape index (κ2) is 7.52. The van der Waals surface area contributed by atoms with E-state index in [-0.39, 0.29) is 31.1 Å². The molecule has 1 unspecified atom stereocenters. The first-order valence-electron chi connectivity index (χ1n) is 9.61. The summed E-state index contributed by atoms with van der Waals surface area (Å²) in [5.41, 5.74) is 1.47. The van der Waals surface area contributed by atoms with Crippen molar-refractivity contribution < 1.29 is 19.5 Å². The van der Waals surface area contributed by atoms with Crippen molar-refractivity contribution in [1.29, 1.82) is 0 Å². The van der Waals surface area contributed by atoms with Gasteiger partial charge >= 0.3 is 5.97 Å². The summed E-state index contributed by atoms with van der Waals surface area (Å²) in [5, 5.41) is 9.47. The molecule has 0 aromatic heterocycles. The number of carbonyl (C=O) groups is 3. The van der Waals surface area contributed by atoms with Gasteiger partial charge in [0.05, 0.1) is 0 Å². The van der Waals surface area contributed by atoms with Gasteiger partial charge in [0.1, 0.15) is 5.66 Å². The fraction of sp³-hybridized carbons (Fsp3) is 0.318. The number of hydrogen-bond donors (Lipinski definition) is 1. The van der Waals surface area contributed by atoms with Crippen molar-refractivity contribution in [3.63, 3.8) is 0 Å². The summed E-state index contributed by atoms with van der Waals surface area (Å²) in [5.74, 6) is -1.16. The Morgan fingerprint density at radius 2 is 1.76 bits per heavy atom. The van der Waals surface area contributed by atoms with Crippen LogP contribution >= 0.6 is 11.6 Å². The molecule has 7 heteroatoms. The molecular weight excluding hydrogens is 392 g/mol. The third kappa shape index (κ3) is 3.27. The van der Waals surface area contributed by atoms with Crippen LogP contribution < -0.4 is 0 Å². The molecular formula is C22H21ClN2O4. The predicted octanol–water partition coefficient (Wildman–Crippen LogP) is 3.29. The lowest BCUT2D eigenvalue weighted by Gasteiger charge is -2.47. The zero-order chi connectivity index (χ0) is 20.6. The minimum Gasteiger partial charge on any atom is -0.481 e. The molecule has 2 aliphatic heterocycles. The maximum Gasteiger partial charge on any atom is 0.303 e. The van der Waals surface area contributed by atoms with E-state index in [4.69, 9.17) is 16.7 Å². The molecule has 2 heterocycles. The van der Waals surface area contributed by atoms with Gasteiger partial charge in [-0.15, -0.1) is 0 Å². The Morgan fingerprint density at radius 1 is 1.03 bits per heavy atom. The molecule has 2 aromatic rings. The monoisotopic (exact) mass is 412 g/mol. The van der Waals surface area contributed by atoms with E-state index < -0.39 is 11.6 Å². The lowest BCUT2D eigenvalue weighted by atomic mass is 9.83. The Balaban J connectivity index is 1.77. The topological polar surface area (TPSA) is 77.9 Å². The first kappa shape index (κ1) is 19.5. The molecule has 6 nitrogen and oxygen atoms in total. The third-order valence-electron chi connectivity index (χ3n) is 5.76. The molecule has 2 amide bonds.